The molecule has 23 heavy (non-hydrogen) atoms. The van der Waals surface area contributed by atoms with E-state index in [9.17, 15) is 9.90 Å². The Hall–Kier alpha value is -2.17. The Balaban J connectivity index is 1.84. The van der Waals surface area contributed by atoms with Crippen LogP contribution in [-0.2, 0) is 17.9 Å². The van der Waals surface area contributed by atoms with Crippen molar-refractivity contribution < 1.29 is 9.90 Å². The van der Waals surface area contributed by atoms with Crippen LogP contribution in [0.25, 0.3) is 0 Å². The molecule has 2 N–H and O–H groups in total. The van der Waals surface area contributed by atoms with Crippen molar-refractivity contribution in [3.63, 3.8) is 0 Å². The van der Waals surface area contributed by atoms with E-state index >= 15 is 0 Å². The number of benzene rings is 2. The Labute approximate surface area is 137 Å². The highest BCUT2D eigenvalue weighted by atomic mass is 16.3. The highest BCUT2D eigenvalue weighted by Crippen LogP contribution is 2.15. The van der Waals surface area contributed by atoms with E-state index in [1.54, 1.807) is 0 Å². The Kier molecular flexibility index (Phi) is 6.32. The van der Waals surface area contributed by atoms with Gasteiger partial charge in [-0.25, -0.2) is 0 Å². The molecule has 0 saturated carbocycles. The molecule has 0 fully saturated rings. The fourth-order valence-corrected chi connectivity index (χ4v) is 2.44. The number of carbonyl (C=O) groups excluding carboxylic acids is 1. The lowest BCUT2D eigenvalue weighted by Gasteiger charge is -2.13. The number of nitrogens with one attached hydrogen (secondary N) is 1. The lowest BCUT2D eigenvalue weighted by molar-refractivity contribution is -0.123. The van der Waals surface area contributed by atoms with Crippen molar-refractivity contribution in [2.24, 2.45) is 0 Å². The number of nitrogens with zero attached hydrogens (tertiary/aromatic N) is 1. The minimum atomic E-state index is -0.767. The second-order valence-corrected chi connectivity index (χ2v) is 5.97. The van der Waals surface area contributed by atoms with Gasteiger partial charge in [0.05, 0.1) is 12.5 Å². The first-order valence-electron chi connectivity index (χ1n) is 7.77. The summed E-state index contributed by atoms with van der Waals surface area (Å²) in [5.74, 6) is -0.153. The summed E-state index contributed by atoms with van der Waals surface area (Å²) >= 11 is 0. The average molecular weight is 312 g/mol. The molecule has 0 heterocycles. The van der Waals surface area contributed by atoms with Crippen LogP contribution in [0.1, 0.15) is 29.2 Å². The standard InChI is InChI=1S/C19H24N2O2/c1-21(2)14-16-8-6-7-15(11-16)13-20-19(23)12-18(22)17-9-4-3-5-10-17/h3-11,18,22H,12-14H2,1-2H3,(H,20,23). The molecule has 4 heteroatoms. The van der Waals surface area contributed by atoms with Gasteiger partial charge in [-0.05, 0) is 30.8 Å². The first kappa shape index (κ1) is 17.2. The van der Waals surface area contributed by atoms with E-state index in [1.807, 2.05) is 56.6 Å². The van der Waals surface area contributed by atoms with Gasteiger partial charge in [0.25, 0.3) is 0 Å². The fourth-order valence-electron chi connectivity index (χ4n) is 2.44. The molecule has 1 amide bonds. The Bertz CT molecular complexity index is 626. The van der Waals surface area contributed by atoms with Gasteiger partial charge in [-0.1, -0.05) is 54.6 Å². The van der Waals surface area contributed by atoms with Crippen LogP contribution in [0.5, 0.6) is 0 Å². The van der Waals surface area contributed by atoms with Crippen molar-refractivity contribution in [3.05, 3.63) is 71.3 Å². The van der Waals surface area contributed by atoms with Gasteiger partial charge in [0, 0.05) is 13.1 Å². The molecule has 0 spiro atoms. The molecule has 0 aromatic heterocycles. The molecule has 0 aliphatic rings. The quantitative estimate of drug-likeness (QED) is 0.826. The minimum Gasteiger partial charge on any atom is -0.388 e. The van der Waals surface area contributed by atoms with Crippen LogP contribution < -0.4 is 5.32 Å². The topological polar surface area (TPSA) is 52.6 Å². The van der Waals surface area contributed by atoms with E-state index in [1.165, 1.54) is 5.56 Å². The number of aliphatic hydroxyl groups is 1. The van der Waals surface area contributed by atoms with Gasteiger partial charge in [0.15, 0.2) is 0 Å². The van der Waals surface area contributed by atoms with Gasteiger partial charge in [-0.2, -0.15) is 0 Å². The molecule has 2 aromatic rings. The molecule has 0 bridgehead atoms. The van der Waals surface area contributed by atoms with Gasteiger partial charge in [-0.3, -0.25) is 4.79 Å². The number of carbonyl (C=O) groups is 1. The third-order valence-corrected chi connectivity index (χ3v) is 3.54. The molecule has 0 aliphatic heterocycles. The normalized spacial score (nSPS) is 12.2. The number of rotatable bonds is 7. The summed E-state index contributed by atoms with van der Waals surface area (Å²) in [6, 6.07) is 17.4. The molecule has 1 unspecified atom stereocenters. The maximum Gasteiger partial charge on any atom is 0.223 e. The second kappa shape index (κ2) is 8.46. The van der Waals surface area contributed by atoms with Crippen molar-refractivity contribution in [3.8, 4) is 0 Å². The molecule has 4 nitrogen and oxygen atoms in total. The Morgan fingerprint density at radius 2 is 1.78 bits per heavy atom. The van der Waals surface area contributed by atoms with E-state index in [0.717, 1.165) is 17.7 Å². The molecule has 122 valence electrons. The largest absolute Gasteiger partial charge is 0.388 e. The summed E-state index contributed by atoms with van der Waals surface area (Å²) in [5, 5.41) is 12.9. The van der Waals surface area contributed by atoms with E-state index in [4.69, 9.17) is 0 Å². The molecule has 2 aromatic carbocycles. The molecule has 0 aliphatic carbocycles. The van der Waals surface area contributed by atoms with Crippen molar-refractivity contribution in [1.29, 1.82) is 0 Å². The average Bonchev–Trinajstić information content (AvgIpc) is 2.53. The number of hydrogen-bond donors (Lipinski definition) is 2. The van der Waals surface area contributed by atoms with Crippen LogP contribution in [0.4, 0.5) is 0 Å². The van der Waals surface area contributed by atoms with Crippen LogP contribution in [0.3, 0.4) is 0 Å². The summed E-state index contributed by atoms with van der Waals surface area (Å²) in [7, 11) is 4.05. The van der Waals surface area contributed by atoms with Gasteiger partial charge in [0.1, 0.15) is 0 Å². The van der Waals surface area contributed by atoms with Crippen molar-refractivity contribution in [2.75, 3.05) is 14.1 Å². The zero-order chi connectivity index (χ0) is 16.7. The van der Waals surface area contributed by atoms with Crippen molar-refractivity contribution >= 4 is 5.91 Å². The highest BCUT2D eigenvalue weighted by molar-refractivity contribution is 5.76. The monoisotopic (exact) mass is 312 g/mol. The molecule has 2 rings (SSSR count). The van der Waals surface area contributed by atoms with Crippen molar-refractivity contribution in [1.82, 2.24) is 10.2 Å². The number of hydrogen-bond acceptors (Lipinski definition) is 3. The predicted molar refractivity (Wildman–Crippen MR) is 91.7 cm³/mol. The second-order valence-electron chi connectivity index (χ2n) is 5.97. The molecular weight excluding hydrogens is 288 g/mol. The first-order chi connectivity index (χ1) is 11.0. The lowest BCUT2D eigenvalue weighted by Crippen LogP contribution is -2.24. The van der Waals surface area contributed by atoms with Gasteiger partial charge < -0.3 is 15.3 Å². The van der Waals surface area contributed by atoms with Gasteiger partial charge in [0.2, 0.25) is 5.91 Å². The highest BCUT2D eigenvalue weighted by Gasteiger charge is 2.12. The minimum absolute atomic E-state index is 0.0708. The summed E-state index contributed by atoms with van der Waals surface area (Å²) in [6.07, 6.45) is -0.697. The smallest absolute Gasteiger partial charge is 0.223 e. The summed E-state index contributed by atoms with van der Waals surface area (Å²) in [5.41, 5.74) is 3.04. The van der Waals surface area contributed by atoms with E-state index in [2.05, 4.69) is 22.3 Å². The van der Waals surface area contributed by atoms with Gasteiger partial charge >= 0.3 is 0 Å². The third kappa shape index (κ3) is 5.85. The SMILES string of the molecule is CN(C)Cc1cccc(CNC(=O)CC(O)c2ccccc2)c1. The van der Waals surface area contributed by atoms with E-state index in [-0.39, 0.29) is 12.3 Å². The van der Waals surface area contributed by atoms with E-state index in [0.29, 0.717) is 6.54 Å². The summed E-state index contributed by atoms with van der Waals surface area (Å²) < 4.78 is 0. The Morgan fingerprint density at radius 1 is 1.09 bits per heavy atom. The summed E-state index contributed by atoms with van der Waals surface area (Å²) in [4.78, 5) is 14.1. The van der Waals surface area contributed by atoms with Crippen LogP contribution >= 0.6 is 0 Å². The number of amides is 1. The fraction of sp³-hybridized carbons (Fsp3) is 0.316. The first-order valence-corrected chi connectivity index (χ1v) is 7.77. The predicted octanol–water partition coefficient (Wildman–Crippen LogP) is 2.49. The number of aliphatic hydroxyl groups excluding tert-OH is 1. The maximum atomic E-state index is 12.0. The van der Waals surface area contributed by atoms with Crippen LogP contribution in [0, 0.1) is 0 Å². The zero-order valence-corrected chi connectivity index (χ0v) is 13.7. The Morgan fingerprint density at radius 3 is 2.48 bits per heavy atom. The van der Waals surface area contributed by atoms with Crippen molar-refractivity contribution in [2.45, 2.75) is 25.6 Å². The maximum absolute atomic E-state index is 12.0. The third-order valence-electron chi connectivity index (χ3n) is 3.54. The molecular formula is C19H24N2O2. The summed E-state index contributed by atoms with van der Waals surface area (Å²) in [6.45, 7) is 1.34. The molecule has 0 saturated heterocycles. The lowest BCUT2D eigenvalue weighted by atomic mass is 10.1. The van der Waals surface area contributed by atoms with Crippen LogP contribution in [0.2, 0.25) is 0 Å². The van der Waals surface area contributed by atoms with Crippen LogP contribution in [0.15, 0.2) is 54.6 Å². The van der Waals surface area contributed by atoms with E-state index < -0.39 is 6.10 Å². The molecule has 1 atom stereocenters. The van der Waals surface area contributed by atoms with Gasteiger partial charge in [-0.15, -0.1) is 0 Å². The van der Waals surface area contributed by atoms with Crippen LogP contribution in [-0.4, -0.2) is 30.0 Å². The molecule has 0 radical (unpaired) electrons. The zero-order valence-electron chi connectivity index (χ0n) is 13.7.